The second kappa shape index (κ2) is 9.71. The van der Waals surface area contributed by atoms with Crippen molar-refractivity contribution in [2.45, 2.75) is 13.1 Å². The molecule has 158 valence electrons. The standard InChI is InChI=1S/C27H22N2O3/c30-26(24-12-7-17-28-25(24)27(31)32)22-13-15-23(16-14-22)29(18-20-8-3-1-4-9-20)19-21-10-5-2-6-11-21/h1-17H,18-19H2,(H,31,32). The van der Waals surface area contributed by atoms with Crippen molar-refractivity contribution in [1.82, 2.24) is 4.98 Å². The molecule has 0 radical (unpaired) electrons. The van der Waals surface area contributed by atoms with Crippen molar-refractivity contribution in [2.75, 3.05) is 4.90 Å². The number of carboxylic acid groups (broad SMARTS) is 1. The Kier molecular flexibility index (Phi) is 6.37. The van der Waals surface area contributed by atoms with Crippen LogP contribution in [0.15, 0.2) is 103 Å². The van der Waals surface area contributed by atoms with E-state index in [1.165, 1.54) is 23.4 Å². The summed E-state index contributed by atoms with van der Waals surface area (Å²) in [5.74, 6) is -1.58. The number of pyridine rings is 1. The van der Waals surface area contributed by atoms with Crippen LogP contribution in [0.4, 0.5) is 5.69 Å². The van der Waals surface area contributed by atoms with E-state index in [9.17, 15) is 14.7 Å². The number of hydrogen-bond donors (Lipinski definition) is 1. The first kappa shape index (κ1) is 21.0. The lowest BCUT2D eigenvalue weighted by Gasteiger charge is -2.25. The Morgan fingerprint density at radius 2 is 1.28 bits per heavy atom. The second-order valence-corrected chi connectivity index (χ2v) is 7.41. The minimum atomic E-state index is -1.22. The molecule has 1 aromatic heterocycles. The van der Waals surface area contributed by atoms with E-state index in [1.54, 1.807) is 18.2 Å². The molecule has 0 unspecified atom stereocenters. The Balaban J connectivity index is 1.61. The van der Waals surface area contributed by atoms with Gasteiger partial charge < -0.3 is 10.0 Å². The Morgan fingerprint density at radius 3 is 1.81 bits per heavy atom. The summed E-state index contributed by atoms with van der Waals surface area (Å²) in [5, 5.41) is 9.34. The van der Waals surface area contributed by atoms with Crippen LogP contribution >= 0.6 is 0 Å². The van der Waals surface area contributed by atoms with E-state index < -0.39 is 5.97 Å². The van der Waals surface area contributed by atoms with Crippen LogP contribution in [0, 0.1) is 0 Å². The van der Waals surface area contributed by atoms with Gasteiger partial charge in [0, 0.05) is 30.5 Å². The zero-order valence-electron chi connectivity index (χ0n) is 17.4. The van der Waals surface area contributed by atoms with Crippen LogP contribution in [0.5, 0.6) is 0 Å². The Bertz CT molecular complexity index is 1170. The lowest BCUT2D eigenvalue weighted by atomic mass is 10.0. The summed E-state index contributed by atoms with van der Waals surface area (Å²) in [5.41, 5.74) is 3.60. The van der Waals surface area contributed by atoms with E-state index in [-0.39, 0.29) is 17.0 Å². The van der Waals surface area contributed by atoms with E-state index in [4.69, 9.17) is 0 Å². The van der Waals surface area contributed by atoms with Gasteiger partial charge in [-0.25, -0.2) is 9.78 Å². The summed E-state index contributed by atoms with van der Waals surface area (Å²) in [4.78, 5) is 30.4. The number of benzene rings is 3. The monoisotopic (exact) mass is 422 g/mol. The second-order valence-electron chi connectivity index (χ2n) is 7.41. The highest BCUT2D eigenvalue weighted by Crippen LogP contribution is 2.22. The van der Waals surface area contributed by atoms with Gasteiger partial charge in [0.15, 0.2) is 11.5 Å². The summed E-state index contributed by atoms with van der Waals surface area (Å²) in [6.07, 6.45) is 1.37. The predicted molar refractivity (Wildman–Crippen MR) is 124 cm³/mol. The number of rotatable bonds is 8. The van der Waals surface area contributed by atoms with E-state index in [1.807, 2.05) is 48.5 Å². The van der Waals surface area contributed by atoms with Crippen molar-refractivity contribution in [2.24, 2.45) is 0 Å². The number of aromatic carboxylic acids is 1. The molecule has 0 saturated carbocycles. The van der Waals surface area contributed by atoms with Gasteiger partial charge in [0.25, 0.3) is 0 Å². The van der Waals surface area contributed by atoms with Crippen LogP contribution in [0.25, 0.3) is 0 Å². The fourth-order valence-corrected chi connectivity index (χ4v) is 3.58. The first-order valence-electron chi connectivity index (χ1n) is 10.3. The number of ketones is 1. The number of carboxylic acids is 1. The normalized spacial score (nSPS) is 10.5. The molecule has 1 N–H and O–H groups in total. The van der Waals surface area contributed by atoms with Gasteiger partial charge in [-0.15, -0.1) is 0 Å². The average molecular weight is 422 g/mol. The van der Waals surface area contributed by atoms with Crippen LogP contribution in [0.1, 0.15) is 37.5 Å². The van der Waals surface area contributed by atoms with Crippen LogP contribution in [0.2, 0.25) is 0 Å². The molecule has 1 heterocycles. The third-order valence-electron chi connectivity index (χ3n) is 5.18. The molecular weight excluding hydrogens is 400 g/mol. The molecule has 0 saturated heterocycles. The van der Waals surface area contributed by atoms with Gasteiger partial charge in [0.2, 0.25) is 0 Å². The number of hydrogen-bond acceptors (Lipinski definition) is 4. The first-order valence-corrected chi connectivity index (χ1v) is 10.3. The van der Waals surface area contributed by atoms with Crippen molar-refractivity contribution in [3.8, 4) is 0 Å². The molecule has 5 nitrogen and oxygen atoms in total. The van der Waals surface area contributed by atoms with Crippen LogP contribution in [-0.2, 0) is 13.1 Å². The van der Waals surface area contributed by atoms with E-state index >= 15 is 0 Å². The molecule has 0 aliphatic rings. The van der Waals surface area contributed by atoms with Crippen molar-refractivity contribution < 1.29 is 14.7 Å². The third-order valence-corrected chi connectivity index (χ3v) is 5.18. The van der Waals surface area contributed by atoms with E-state index in [2.05, 4.69) is 34.1 Å². The molecule has 32 heavy (non-hydrogen) atoms. The fraction of sp³-hybridized carbons (Fsp3) is 0.0741. The van der Waals surface area contributed by atoms with E-state index in [0.717, 1.165) is 18.8 Å². The quantitative estimate of drug-likeness (QED) is 0.394. The molecule has 0 atom stereocenters. The fourth-order valence-electron chi connectivity index (χ4n) is 3.58. The topological polar surface area (TPSA) is 70.5 Å². The summed E-state index contributed by atoms with van der Waals surface area (Å²) in [6, 6.07) is 30.7. The smallest absolute Gasteiger partial charge is 0.355 e. The average Bonchev–Trinajstić information content (AvgIpc) is 2.84. The number of aromatic nitrogens is 1. The summed E-state index contributed by atoms with van der Waals surface area (Å²) >= 11 is 0. The molecule has 0 bridgehead atoms. The highest BCUT2D eigenvalue weighted by Gasteiger charge is 2.19. The van der Waals surface area contributed by atoms with Gasteiger partial charge in [0.05, 0.1) is 5.56 Å². The maximum Gasteiger partial charge on any atom is 0.355 e. The van der Waals surface area contributed by atoms with Crippen molar-refractivity contribution >= 4 is 17.4 Å². The van der Waals surface area contributed by atoms with Gasteiger partial charge in [0.1, 0.15) is 0 Å². The molecule has 3 aromatic carbocycles. The van der Waals surface area contributed by atoms with Gasteiger partial charge in [-0.3, -0.25) is 4.79 Å². The van der Waals surface area contributed by atoms with Crippen molar-refractivity contribution in [1.29, 1.82) is 0 Å². The Labute approximate surface area is 186 Å². The van der Waals surface area contributed by atoms with Crippen LogP contribution in [-0.4, -0.2) is 21.8 Å². The largest absolute Gasteiger partial charge is 0.476 e. The Morgan fingerprint density at radius 1 is 0.719 bits per heavy atom. The number of carbonyl (C=O) groups excluding carboxylic acids is 1. The minimum Gasteiger partial charge on any atom is -0.476 e. The Hall–Kier alpha value is -4.25. The predicted octanol–water partition coefficient (Wildman–Crippen LogP) is 5.22. The number of carbonyl (C=O) groups is 2. The van der Waals surface area contributed by atoms with Crippen LogP contribution in [0.3, 0.4) is 0 Å². The van der Waals surface area contributed by atoms with Crippen molar-refractivity contribution in [3.63, 3.8) is 0 Å². The summed E-state index contributed by atoms with van der Waals surface area (Å²) in [7, 11) is 0. The zero-order chi connectivity index (χ0) is 22.3. The molecule has 0 aliphatic carbocycles. The highest BCUT2D eigenvalue weighted by atomic mass is 16.4. The molecule has 4 rings (SSSR count). The molecule has 4 aromatic rings. The maximum atomic E-state index is 12.9. The van der Waals surface area contributed by atoms with Crippen LogP contribution < -0.4 is 4.90 Å². The SMILES string of the molecule is O=C(c1ccc(N(Cc2ccccc2)Cc2ccccc2)cc1)c1cccnc1C(=O)O. The van der Waals surface area contributed by atoms with E-state index in [0.29, 0.717) is 5.56 Å². The summed E-state index contributed by atoms with van der Waals surface area (Å²) < 4.78 is 0. The maximum absolute atomic E-state index is 12.9. The molecule has 5 heteroatoms. The first-order chi connectivity index (χ1) is 15.6. The van der Waals surface area contributed by atoms with Gasteiger partial charge in [-0.05, 0) is 47.5 Å². The van der Waals surface area contributed by atoms with Gasteiger partial charge in [-0.1, -0.05) is 60.7 Å². The van der Waals surface area contributed by atoms with Gasteiger partial charge in [-0.2, -0.15) is 0 Å². The van der Waals surface area contributed by atoms with Crippen molar-refractivity contribution in [3.05, 3.63) is 131 Å². The lowest BCUT2D eigenvalue weighted by Crippen LogP contribution is -2.22. The number of anilines is 1. The number of nitrogens with zero attached hydrogens (tertiary/aromatic N) is 2. The molecule has 0 amide bonds. The summed E-state index contributed by atoms with van der Waals surface area (Å²) in [6.45, 7) is 1.43. The molecule has 0 spiro atoms. The highest BCUT2D eigenvalue weighted by molar-refractivity contribution is 6.13. The molecule has 0 aliphatic heterocycles. The minimum absolute atomic E-state index is 0.0816. The van der Waals surface area contributed by atoms with Gasteiger partial charge >= 0.3 is 5.97 Å². The molecular formula is C27H22N2O3. The lowest BCUT2D eigenvalue weighted by molar-refractivity contribution is 0.0686. The third kappa shape index (κ3) is 4.90. The molecule has 0 fully saturated rings. The zero-order valence-corrected chi connectivity index (χ0v) is 17.4.